The molecule has 9 nitrogen and oxygen atoms in total. The molecule has 0 radical (unpaired) electrons. The highest BCUT2D eigenvalue weighted by molar-refractivity contribution is 7.93. The van der Waals surface area contributed by atoms with E-state index in [9.17, 15) is 21.6 Å². The molecule has 12 heteroatoms. The van der Waals surface area contributed by atoms with Gasteiger partial charge in [-0.05, 0) is 37.1 Å². The van der Waals surface area contributed by atoms with Crippen LogP contribution >= 0.6 is 11.6 Å². The fourth-order valence-corrected chi connectivity index (χ4v) is 6.49. The number of nitrogens with zero attached hydrogens (tertiary/aromatic N) is 2. The van der Waals surface area contributed by atoms with Crippen LogP contribution in [0.2, 0.25) is 5.02 Å². The maximum atomic E-state index is 12.9. The van der Waals surface area contributed by atoms with Crippen LogP contribution in [0.1, 0.15) is 12.8 Å². The molecule has 160 valence electrons. The molecule has 0 bridgehead atoms. The number of fused-ring (bicyclic) bond motifs is 1. The van der Waals surface area contributed by atoms with Gasteiger partial charge in [0.25, 0.3) is 10.0 Å². The summed E-state index contributed by atoms with van der Waals surface area (Å²) in [7, 11) is -6.41. The highest BCUT2D eigenvalue weighted by atomic mass is 35.5. The number of rotatable bonds is 5. The molecule has 2 aromatic carbocycles. The number of anilines is 1. The third-order valence-corrected chi connectivity index (χ3v) is 8.67. The van der Waals surface area contributed by atoms with Gasteiger partial charge in [0.2, 0.25) is 10.0 Å². The Hall–Kier alpha value is -2.34. The van der Waals surface area contributed by atoms with Crippen molar-refractivity contribution in [1.29, 1.82) is 0 Å². The second-order valence-electron chi connectivity index (χ2n) is 6.92. The van der Waals surface area contributed by atoms with Gasteiger partial charge in [-0.1, -0.05) is 17.7 Å². The molecule has 4 rings (SSSR count). The molecule has 1 fully saturated rings. The average Bonchev–Trinajstić information content (AvgIpc) is 3.31. The minimum absolute atomic E-state index is 0.000190. The summed E-state index contributed by atoms with van der Waals surface area (Å²) in [5.74, 6) is -0.650. The van der Waals surface area contributed by atoms with E-state index in [2.05, 4.69) is 4.72 Å². The molecule has 1 N–H and O–H groups in total. The van der Waals surface area contributed by atoms with E-state index < -0.39 is 25.8 Å². The van der Waals surface area contributed by atoms with E-state index in [1.165, 1.54) is 46.3 Å². The molecule has 0 amide bonds. The maximum absolute atomic E-state index is 12.9. The highest BCUT2D eigenvalue weighted by Crippen LogP contribution is 2.29. The summed E-state index contributed by atoms with van der Waals surface area (Å²) in [4.78, 5) is 11.4. The van der Waals surface area contributed by atoms with Crippen molar-refractivity contribution in [3.05, 3.63) is 52.0 Å². The third kappa shape index (κ3) is 3.62. The average molecular weight is 472 g/mol. The van der Waals surface area contributed by atoms with Crippen molar-refractivity contribution in [2.75, 3.05) is 17.8 Å². The Balaban J connectivity index is 1.70. The normalized spacial score (nSPS) is 15.7. The van der Waals surface area contributed by atoms with E-state index in [4.69, 9.17) is 16.0 Å². The molecule has 1 saturated heterocycles. The van der Waals surface area contributed by atoms with Crippen LogP contribution in [0.25, 0.3) is 11.1 Å². The van der Waals surface area contributed by atoms with Crippen molar-refractivity contribution in [2.24, 2.45) is 7.05 Å². The van der Waals surface area contributed by atoms with Crippen molar-refractivity contribution >= 4 is 48.4 Å². The van der Waals surface area contributed by atoms with Crippen molar-refractivity contribution in [1.82, 2.24) is 8.87 Å². The number of benzene rings is 2. The van der Waals surface area contributed by atoms with Gasteiger partial charge >= 0.3 is 5.76 Å². The predicted octanol–water partition coefficient (Wildman–Crippen LogP) is 2.37. The van der Waals surface area contributed by atoms with Crippen LogP contribution in [0, 0.1) is 0 Å². The van der Waals surface area contributed by atoms with Gasteiger partial charge in [-0.25, -0.2) is 21.6 Å². The molecule has 0 atom stereocenters. The van der Waals surface area contributed by atoms with Crippen molar-refractivity contribution < 1.29 is 21.3 Å². The lowest BCUT2D eigenvalue weighted by Gasteiger charge is -2.16. The Morgan fingerprint density at radius 2 is 1.77 bits per heavy atom. The summed E-state index contributed by atoms with van der Waals surface area (Å²) >= 11 is 6.15. The number of nitrogens with one attached hydrogen (secondary N) is 1. The smallest absolute Gasteiger partial charge is 0.408 e. The monoisotopic (exact) mass is 471 g/mol. The number of hydrogen-bond donors (Lipinski definition) is 1. The fraction of sp³-hybridized carbons (Fsp3) is 0.278. The fourth-order valence-electron chi connectivity index (χ4n) is 3.34. The van der Waals surface area contributed by atoms with Crippen molar-refractivity contribution in [3.8, 4) is 0 Å². The van der Waals surface area contributed by atoms with Crippen LogP contribution in [-0.4, -0.2) is 38.8 Å². The predicted molar refractivity (Wildman–Crippen MR) is 112 cm³/mol. The quantitative estimate of drug-likeness (QED) is 0.610. The molecule has 1 aromatic heterocycles. The van der Waals surface area contributed by atoms with E-state index in [1.54, 1.807) is 0 Å². The molecular weight excluding hydrogens is 454 g/mol. The first-order chi connectivity index (χ1) is 14.1. The number of sulfonamides is 2. The van der Waals surface area contributed by atoms with Crippen LogP contribution in [0.3, 0.4) is 0 Å². The van der Waals surface area contributed by atoms with Gasteiger partial charge in [-0.2, -0.15) is 4.31 Å². The van der Waals surface area contributed by atoms with Gasteiger partial charge in [0, 0.05) is 26.2 Å². The maximum Gasteiger partial charge on any atom is 0.419 e. The molecule has 0 aliphatic carbocycles. The number of hydrogen-bond acceptors (Lipinski definition) is 6. The van der Waals surface area contributed by atoms with Crippen LogP contribution in [0.5, 0.6) is 0 Å². The van der Waals surface area contributed by atoms with Crippen molar-refractivity contribution in [3.63, 3.8) is 0 Å². The highest BCUT2D eigenvalue weighted by Gasteiger charge is 2.28. The number of oxazole rings is 1. The SMILES string of the molecule is Cn1c(=O)oc2cc(S(=O)(=O)Nc3cccc(S(=O)(=O)N4CCCC4)c3)c(Cl)cc21. The second-order valence-corrected chi connectivity index (χ2v) is 10.9. The molecule has 1 aliphatic heterocycles. The Kier molecular flexibility index (Phi) is 5.17. The summed E-state index contributed by atoms with van der Waals surface area (Å²) in [6.45, 7) is 0.881. The number of aromatic nitrogens is 1. The Morgan fingerprint density at radius 3 is 2.47 bits per heavy atom. The van der Waals surface area contributed by atoms with E-state index in [0.717, 1.165) is 18.9 Å². The van der Waals surface area contributed by atoms with Crippen LogP contribution < -0.4 is 10.5 Å². The summed E-state index contributed by atoms with van der Waals surface area (Å²) in [5.41, 5.74) is 0.487. The van der Waals surface area contributed by atoms with E-state index in [0.29, 0.717) is 18.6 Å². The minimum Gasteiger partial charge on any atom is -0.408 e. The van der Waals surface area contributed by atoms with E-state index in [1.807, 2.05) is 0 Å². The Labute approximate surface area is 178 Å². The lowest BCUT2D eigenvalue weighted by Crippen LogP contribution is -2.27. The van der Waals surface area contributed by atoms with Gasteiger partial charge < -0.3 is 4.42 Å². The van der Waals surface area contributed by atoms with Gasteiger partial charge in [0.15, 0.2) is 5.58 Å². The third-order valence-electron chi connectivity index (χ3n) is 4.92. The molecule has 2 heterocycles. The lowest BCUT2D eigenvalue weighted by molar-refractivity contribution is 0.477. The lowest BCUT2D eigenvalue weighted by atomic mass is 10.3. The molecule has 1 aliphatic rings. The standard InChI is InChI=1S/C18H18ClN3O6S2/c1-21-15-10-14(19)17(11-16(15)28-18(21)23)29(24,25)20-12-5-4-6-13(9-12)30(26,27)22-7-2-3-8-22/h4-6,9-11,20H,2-3,7-8H2,1H3. The molecule has 0 saturated carbocycles. The second kappa shape index (κ2) is 7.41. The summed E-state index contributed by atoms with van der Waals surface area (Å²) < 4.78 is 61.2. The largest absolute Gasteiger partial charge is 0.419 e. The molecular formula is C18H18ClN3O6S2. The molecule has 30 heavy (non-hydrogen) atoms. The molecule has 3 aromatic rings. The van der Waals surface area contributed by atoms with Crippen LogP contribution in [0.4, 0.5) is 5.69 Å². The Bertz CT molecular complexity index is 1400. The first-order valence-electron chi connectivity index (χ1n) is 9.02. The van der Waals surface area contributed by atoms with Gasteiger partial charge in [-0.15, -0.1) is 0 Å². The zero-order valence-corrected chi connectivity index (χ0v) is 18.2. The van der Waals surface area contributed by atoms with Gasteiger partial charge in [-0.3, -0.25) is 9.29 Å². The van der Waals surface area contributed by atoms with Crippen LogP contribution in [-0.2, 0) is 27.1 Å². The zero-order chi connectivity index (χ0) is 21.7. The first kappa shape index (κ1) is 20.9. The number of aryl methyl sites for hydroxylation is 1. The first-order valence-corrected chi connectivity index (χ1v) is 12.3. The van der Waals surface area contributed by atoms with Gasteiger partial charge in [0.1, 0.15) is 4.90 Å². The zero-order valence-electron chi connectivity index (χ0n) is 15.8. The van der Waals surface area contributed by atoms with Crippen LogP contribution in [0.15, 0.2) is 55.4 Å². The summed E-state index contributed by atoms with van der Waals surface area (Å²) in [5, 5.41) is -0.104. The van der Waals surface area contributed by atoms with E-state index in [-0.39, 0.29) is 26.1 Å². The molecule has 0 unspecified atom stereocenters. The summed E-state index contributed by atoms with van der Waals surface area (Å²) in [6, 6.07) is 8.07. The summed E-state index contributed by atoms with van der Waals surface area (Å²) in [6.07, 6.45) is 1.59. The molecule has 0 spiro atoms. The van der Waals surface area contributed by atoms with E-state index >= 15 is 0 Å². The van der Waals surface area contributed by atoms with Gasteiger partial charge in [0.05, 0.1) is 21.1 Å². The van der Waals surface area contributed by atoms with Crippen molar-refractivity contribution in [2.45, 2.75) is 22.6 Å². The number of halogens is 1. The topological polar surface area (TPSA) is 119 Å². The Morgan fingerprint density at radius 1 is 1.07 bits per heavy atom. The minimum atomic E-state index is -4.18.